The predicted molar refractivity (Wildman–Crippen MR) is 131 cm³/mol. The van der Waals surface area contributed by atoms with Crippen LogP contribution in [0.2, 0.25) is 0 Å². The Kier molecular flexibility index (Phi) is 6.21. The van der Waals surface area contributed by atoms with Crippen molar-refractivity contribution >= 4 is 27.7 Å². The zero-order valence-electron chi connectivity index (χ0n) is 18.6. The lowest BCUT2D eigenvalue weighted by atomic mass is 10.1. The highest BCUT2D eigenvalue weighted by molar-refractivity contribution is 5.94. The fourth-order valence-electron chi connectivity index (χ4n) is 4.14. The summed E-state index contributed by atoms with van der Waals surface area (Å²) in [5.41, 5.74) is 1.86. The van der Waals surface area contributed by atoms with Crippen LogP contribution in [0.25, 0.3) is 21.8 Å². The van der Waals surface area contributed by atoms with E-state index < -0.39 is 11.7 Å². The summed E-state index contributed by atoms with van der Waals surface area (Å²) in [5.74, 6) is 0.581. The fraction of sp³-hybridized carbons (Fsp3) is 0.143. The van der Waals surface area contributed by atoms with Gasteiger partial charge in [-0.3, -0.25) is 4.79 Å². The first-order valence-electron chi connectivity index (χ1n) is 11.3. The van der Waals surface area contributed by atoms with Gasteiger partial charge < -0.3 is 14.6 Å². The lowest BCUT2D eigenvalue weighted by Gasteiger charge is -2.12. The van der Waals surface area contributed by atoms with E-state index in [1.807, 2.05) is 48.5 Å². The van der Waals surface area contributed by atoms with Crippen LogP contribution in [-0.2, 0) is 13.1 Å². The number of ether oxygens (including phenoxy) is 1. The molecule has 1 aromatic heterocycles. The van der Waals surface area contributed by atoms with Crippen LogP contribution in [0.4, 0.5) is 4.39 Å². The second kappa shape index (κ2) is 9.75. The summed E-state index contributed by atoms with van der Waals surface area (Å²) < 4.78 is 22.1. The Hall–Kier alpha value is -4.19. The van der Waals surface area contributed by atoms with Gasteiger partial charge in [0.25, 0.3) is 5.91 Å². The maximum absolute atomic E-state index is 14.0. The number of hydrogen-bond acceptors (Lipinski definition) is 3. The predicted octanol–water partition coefficient (Wildman–Crippen LogP) is 5.73. The molecule has 0 unspecified atom stereocenters. The number of aryl methyl sites for hydroxylation is 1. The van der Waals surface area contributed by atoms with Crippen molar-refractivity contribution in [1.82, 2.24) is 14.9 Å². The molecule has 0 aliphatic heterocycles. The molecule has 0 saturated heterocycles. The summed E-state index contributed by atoms with van der Waals surface area (Å²) in [6.07, 6.45) is 0.762. The second-order valence-corrected chi connectivity index (χ2v) is 8.01. The van der Waals surface area contributed by atoms with Crippen molar-refractivity contribution < 1.29 is 13.9 Å². The normalized spacial score (nSPS) is 11.1. The zero-order chi connectivity index (χ0) is 23.3. The van der Waals surface area contributed by atoms with Gasteiger partial charge in [-0.25, -0.2) is 9.37 Å². The minimum atomic E-state index is -0.543. The molecular formula is C28H24FN3O2. The van der Waals surface area contributed by atoms with Crippen molar-refractivity contribution in [3.05, 3.63) is 108 Å². The lowest BCUT2D eigenvalue weighted by molar-refractivity contribution is 0.0945. The molecule has 0 radical (unpaired) electrons. The number of nitrogens with one attached hydrogen (secondary N) is 1. The number of aromatic nitrogens is 2. The molecule has 34 heavy (non-hydrogen) atoms. The number of fused-ring (bicyclic) bond motifs is 2. The Morgan fingerprint density at radius 3 is 2.59 bits per heavy atom. The lowest BCUT2D eigenvalue weighted by Crippen LogP contribution is -2.25. The van der Waals surface area contributed by atoms with Crippen LogP contribution in [0, 0.1) is 5.82 Å². The number of carbonyl (C=O) groups excluding carboxylic acids is 1. The van der Waals surface area contributed by atoms with E-state index in [2.05, 4.69) is 28.1 Å². The van der Waals surface area contributed by atoms with Crippen LogP contribution in [-0.4, -0.2) is 22.1 Å². The van der Waals surface area contributed by atoms with E-state index >= 15 is 0 Å². The number of amides is 1. The van der Waals surface area contributed by atoms with E-state index in [-0.39, 0.29) is 12.1 Å². The topological polar surface area (TPSA) is 56.2 Å². The number of halogens is 1. The summed E-state index contributed by atoms with van der Waals surface area (Å²) in [6.45, 7) is 1.42. The summed E-state index contributed by atoms with van der Waals surface area (Å²) in [4.78, 5) is 17.2. The van der Waals surface area contributed by atoms with Gasteiger partial charge in [0, 0.05) is 11.9 Å². The summed E-state index contributed by atoms with van der Waals surface area (Å²) in [5, 5.41) is 5.04. The molecule has 0 spiro atoms. The number of rotatable bonds is 8. The van der Waals surface area contributed by atoms with Crippen LogP contribution in [0.5, 0.6) is 5.75 Å². The highest BCUT2D eigenvalue weighted by Crippen LogP contribution is 2.25. The average Bonchev–Trinajstić information content (AvgIpc) is 3.23. The molecule has 1 heterocycles. The monoisotopic (exact) mass is 453 g/mol. The Labute approximate surface area is 196 Å². The van der Waals surface area contributed by atoms with Crippen molar-refractivity contribution in [3.8, 4) is 5.75 Å². The van der Waals surface area contributed by atoms with Gasteiger partial charge in [0.2, 0.25) is 0 Å². The minimum absolute atomic E-state index is 0.0219. The largest absolute Gasteiger partial charge is 0.493 e. The molecular weight excluding hydrogens is 429 g/mol. The van der Waals surface area contributed by atoms with Gasteiger partial charge in [-0.05, 0) is 42.1 Å². The average molecular weight is 454 g/mol. The maximum atomic E-state index is 14.0. The van der Waals surface area contributed by atoms with E-state index in [9.17, 15) is 9.18 Å². The molecule has 4 aromatic carbocycles. The van der Waals surface area contributed by atoms with E-state index in [1.54, 1.807) is 12.1 Å². The van der Waals surface area contributed by atoms with Gasteiger partial charge >= 0.3 is 0 Å². The molecule has 1 amide bonds. The Morgan fingerprint density at radius 2 is 1.68 bits per heavy atom. The molecule has 0 fully saturated rings. The SMILES string of the molecule is O=C(NCc1nc2ccccc2n1CCCOc1cccc2ccccc12)c1ccccc1F. The standard InChI is InChI=1S/C28H24FN3O2/c29-23-13-4-3-12-22(23)28(33)30-19-27-31-24-14-5-6-15-25(24)32(27)17-8-18-34-26-16-7-10-20-9-1-2-11-21(20)26/h1-7,9-16H,8,17-19H2,(H,30,33). The van der Waals surface area contributed by atoms with Crippen molar-refractivity contribution in [1.29, 1.82) is 0 Å². The van der Waals surface area contributed by atoms with E-state index in [0.717, 1.165) is 39.8 Å². The van der Waals surface area contributed by atoms with Crippen LogP contribution in [0.15, 0.2) is 91.0 Å². The third-order valence-corrected chi connectivity index (χ3v) is 5.79. The quantitative estimate of drug-likeness (QED) is 0.305. The third-order valence-electron chi connectivity index (χ3n) is 5.79. The number of para-hydroxylation sites is 2. The molecule has 5 rings (SSSR count). The number of benzene rings is 4. The molecule has 0 atom stereocenters. The molecule has 5 nitrogen and oxygen atoms in total. The highest BCUT2D eigenvalue weighted by atomic mass is 19.1. The molecule has 5 aromatic rings. The van der Waals surface area contributed by atoms with Gasteiger partial charge in [0.1, 0.15) is 17.4 Å². The first kappa shape index (κ1) is 21.6. The van der Waals surface area contributed by atoms with Crippen LogP contribution in [0.3, 0.4) is 0 Å². The second-order valence-electron chi connectivity index (χ2n) is 8.01. The first-order valence-corrected chi connectivity index (χ1v) is 11.3. The fourth-order valence-corrected chi connectivity index (χ4v) is 4.14. The van der Waals surface area contributed by atoms with Crippen LogP contribution >= 0.6 is 0 Å². The van der Waals surface area contributed by atoms with E-state index in [4.69, 9.17) is 9.72 Å². The number of carbonyl (C=O) groups is 1. The molecule has 170 valence electrons. The van der Waals surface area contributed by atoms with Crippen molar-refractivity contribution in [2.75, 3.05) is 6.61 Å². The molecule has 0 aliphatic rings. The minimum Gasteiger partial charge on any atom is -0.493 e. The molecule has 1 N–H and O–H groups in total. The molecule has 0 aliphatic carbocycles. The summed E-state index contributed by atoms with van der Waals surface area (Å²) >= 11 is 0. The Morgan fingerprint density at radius 1 is 0.912 bits per heavy atom. The summed E-state index contributed by atoms with van der Waals surface area (Å²) in [7, 11) is 0. The summed E-state index contributed by atoms with van der Waals surface area (Å²) in [6, 6.07) is 28.0. The number of nitrogens with zero attached hydrogens (tertiary/aromatic N) is 2. The van der Waals surface area contributed by atoms with Gasteiger partial charge in [-0.1, -0.05) is 60.7 Å². The van der Waals surface area contributed by atoms with Crippen LogP contribution < -0.4 is 10.1 Å². The Bertz CT molecular complexity index is 1460. The molecule has 0 bridgehead atoms. The smallest absolute Gasteiger partial charge is 0.254 e. The number of hydrogen-bond donors (Lipinski definition) is 1. The van der Waals surface area contributed by atoms with E-state index in [1.165, 1.54) is 12.1 Å². The van der Waals surface area contributed by atoms with Gasteiger partial charge in [-0.2, -0.15) is 0 Å². The molecule has 0 saturated carbocycles. The highest BCUT2D eigenvalue weighted by Gasteiger charge is 2.14. The van der Waals surface area contributed by atoms with Crippen molar-refractivity contribution in [2.45, 2.75) is 19.5 Å². The van der Waals surface area contributed by atoms with Gasteiger partial charge in [-0.15, -0.1) is 0 Å². The van der Waals surface area contributed by atoms with Crippen molar-refractivity contribution in [3.63, 3.8) is 0 Å². The van der Waals surface area contributed by atoms with Crippen LogP contribution in [0.1, 0.15) is 22.6 Å². The third kappa shape index (κ3) is 4.48. The van der Waals surface area contributed by atoms with E-state index in [0.29, 0.717) is 13.2 Å². The van der Waals surface area contributed by atoms with Gasteiger partial charge in [0.05, 0.1) is 29.7 Å². The zero-order valence-corrected chi connectivity index (χ0v) is 18.6. The molecule has 6 heteroatoms. The first-order chi connectivity index (χ1) is 16.7. The number of imidazole rings is 1. The maximum Gasteiger partial charge on any atom is 0.254 e. The Balaban J connectivity index is 1.28. The van der Waals surface area contributed by atoms with Crippen molar-refractivity contribution in [2.24, 2.45) is 0 Å². The van der Waals surface area contributed by atoms with Gasteiger partial charge in [0.15, 0.2) is 0 Å².